The summed E-state index contributed by atoms with van der Waals surface area (Å²) in [6, 6.07) is 1.62. The number of nitriles is 1. The van der Waals surface area contributed by atoms with Gasteiger partial charge in [-0.15, -0.1) is 0 Å². The minimum absolute atomic E-state index is 0.382. The molecule has 20 heavy (non-hydrogen) atoms. The van der Waals surface area contributed by atoms with Gasteiger partial charge in [-0.1, -0.05) is 0 Å². The summed E-state index contributed by atoms with van der Waals surface area (Å²) in [5, 5.41) is 8.50. The third-order valence-corrected chi connectivity index (χ3v) is 2.48. The van der Waals surface area contributed by atoms with Crippen LogP contribution in [0.5, 0.6) is 0 Å². The zero-order valence-electron chi connectivity index (χ0n) is 10.4. The maximum Gasteiger partial charge on any atom is 0.324 e. The number of rotatable bonds is 3. The Labute approximate surface area is 111 Å². The first-order valence-corrected chi connectivity index (χ1v) is 5.12. The van der Waals surface area contributed by atoms with Crippen molar-refractivity contribution < 1.29 is 32.2 Å². The van der Waals surface area contributed by atoms with Gasteiger partial charge in [-0.3, -0.25) is 9.59 Å². The zero-order chi connectivity index (χ0) is 15.4. The molecular weight excluding hydrogens is 279 g/mol. The molecule has 0 saturated carbocycles. The number of halogens is 3. The molecule has 0 spiro atoms. The van der Waals surface area contributed by atoms with Crippen LogP contribution in [0.4, 0.5) is 13.2 Å². The molecule has 0 heterocycles. The zero-order valence-corrected chi connectivity index (χ0v) is 10.4. The van der Waals surface area contributed by atoms with E-state index in [1.54, 1.807) is 0 Å². The molecular formula is C12H8F3NO4. The molecule has 5 nitrogen and oxygen atoms in total. The molecule has 106 valence electrons. The molecule has 0 atom stereocenters. The van der Waals surface area contributed by atoms with Crippen LogP contribution in [0.3, 0.4) is 0 Å². The summed E-state index contributed by atoms with van der Waals surface area (Å²) < 4.78 is 49.5. The molecule has 0 unspecified atom stereocenters. The minimum atomic E-state index is -2.12. The number of benzene rings is 1. The van der Waals surface area contributed by atoms with Crippen LogP contribution in [0.15, 0.2) is 6.07 Å². The molecule has 1 aromatic rings. The van der Waals surface area contributed by atoms with Crippen molar-refractivity contribution in [3.63, 3.8) is 0 Å². The third kappa shape index (κ3) is 2.56. The second-order valence-electron chi connectivity index (χ2n) is 3.54. The number of methoxy groups -OCH3 is 2. The van der Waals surface area contributed by atoms with Crippen LogP contribution in [-0.2, 0) is 19.1 Å². The number of esters is 2. The van der Waals surface area contributed by atoms with E-state index < -0.39 is 46.4 Å². The predicted octanol–water partition coefficient (Wildman–Crippen LogP) is 1.41. The Morgan fingerprint density at radius 1 is 1.15 bits per heavy atom. The molecule has 0 amide bonds. The SMILES string of the molecule is COC(=O)C(C(=O)OC)c1c(F)cc(C#N)c(F)c1F. The van der Waals surface area contributed by atoms with Gasteiger partial charge in [-0.05, 0) is 6.07 Å². The predicted molar refractivity (Wildman–Crippen MR) is 57.8 cm³/mol. The van der Waals surface area contributed by atoms with Gasteiger partial charge in [-0.25, -0.2) is 13.2 Å². The number of nitrogens with zero attached hydrogens (tertiary/aromatic N) is 1. The Morgan fingerprint density at radius 2 is 1.65 bits per heavy atom. The van der Waals surface area contributed by atoms with E-state index in [2.05, 4.69) is 9.47 Å². The van der Waals surface area contributed by atoms with E-state index in [9.17, 15) is 22.8 Å². The van der Waals surface area contributed by atoms with E-state index in [4.69, 9.17) is 5.26 Å². The average molecular weight is 287 g/mol. The van der Waals surface area contributed by atoms with Crippen molar-refractivity contribution in [3.8, 4) is 6.07 Å². The molecule has 0 radical (unpaired) electrons. The number of hydrogen-bond acceptors (Lipinski definition) is 5. The summed E-state index contributed by atoms with van der Waals surface area (Å²) in [6.45, 7) is 0. The van der Waals surface area contributed by atoms with Gasteiger partial charge >= 0.3 is 11.9 Å². The number of carbonyl (C=O) groups is 2. The van der Waals surface area contributed by atoms with Crippen LogP contribution >= 0.6 is 0 Å². The van der Waals surface area contributed by atoms with E-state index >= 15 is 0 Å². The molecule has 0 aromatic heterocycles. The Hall–Kier alpha value is -2.56. The quantitative estimate of drug-likeness (QED) is 0.477. The van der Waals surface area contributed by atoms with Crippen LogP contribution in [0, 0.1) is 28.8 Å². The maximum absolute atomic E-state index is 13.8. The Kier molecular flexibility index (Phi) is 4.69. The molecule has 0 N–H and O–H groups in total. The van der Waals surface area contributed by atoms with Crippen molar-refractivity contribution >= 4 is 11.9 Å². The molecule has 8 heteroatoms. The first-order chi connectivity index (χ1) is 9.38. The summed E-state index contributed by atoms with van der Waals surface area (Å²) in [5.74, 6) is -9.67. The van der Waals surface area contributed by atoms with Crippen LogP contribution in [0.25, 0.3) is 0 Å². The van der Waals surface area contributed by atoms with E-state index in [1.807, 2.05) is 0 Å². The first-order valence-electron chi connectivity index (χ1n) is 5.12. The van der Waals surface area contributed by atoms with Crippen molar-refractivity contribution in [3.05, 3.63) is 34.6 Å². The normalized spacial score (nSPS) is 10.1. The van der Waals surface area contributed by atoms with Crippen LogP contribution in [0.1, 0.15) is 17.0 Å². The number of hydrogen-bond donors (Lipinski definition) is 0. The van der Waals surface area contributed by atoms with Gasteiger partial charge in [0.1, 0.15) is 11.9 Å². The van der Waals surface area contributed by atoms with Crippen molar-refractivity contribution in [2.75, 3.05) is 14.2 Å². The molecule has 0 fully saturated rings. The van der Waals surface area contributed by atoms with Crippen LogP contribution < -0.4 is 0 Å². The summed E-state index contributed by atoms with van der Waals surface area (Å²) in [6.07, 6.45) is 0. The van der Waals surface area contributed by atoms with Crippen molar-refractivity contribution in [2.45, 2.75) is 5.92 Å². The lowest BCUT2D eigenvalue weighted by atomic mass is 9.96. The molecule has 0 bridgehead atoms. The fourth-order valence-electron chi connectivity index (χ4n) is 1.52. The standard InChI is InChI=1S/C12H8F3NO4/c1-19-11(17)8(12(18)20-2)7-6(13)3-5(4-16)9(14)10(7)15/h3,8H,1-2H3. The van der Waals surface area contributed by atoms with E-state index in [1.165, 1.54) is 6.07 Å². The topological polar surface area (TPSA) is 76.4 Å². The Bertz CT molecular complexity index is 594. The maximum atomic E-state index is 13.8. The van der Waals surface area contributed by atoms with E-state index in [0.717, 1.165) is 14.2 Å². The molecule has 0 aliphatic heterocycles. The van der Waals surface area contributed by atoms with Gasteiger partial charge in [0.05, 0.1) is 25.3 Å². The summed E-state index contributed by atoms with van der Waals surface area (Å²) in [4.78, 5) is 22.9. The lowest BCUT2D eigenvalue weighted by molar-refractivity contribution is -0.154. The van der Waals surface area contributed by atoms with Gasteiger partial charge in [0.25, 0.3) is 0 Å². The molecule has 1 aromatic carbocycles. The van der Waals surface area contributed by atoms with E-state index in [0.29, 0.717) is 6.07 Å². The summed E-state index contributed by atoms with van der Waals surface area (Å²) >= 11 is 0. The first kappa shape index (κ1) is 15.5. The van der Waals surface area contributed by atoms with Crippen LogP contribution in [-0.4, -0.2) is 26.2 Å². The van der Waals surface area contributed by atoms with Gasteiger partial charge in [0.15, 0.2) is 17.6 Å². The highest BCUT2D eigenvalue weighted by atomic mass is 19.2. The van der Waals surface area contributed by atoms with E-state index in [-0.39, 0.29) is 0 Å². The van der Waals surface area contributed by atoms with Gasteiger partial charge in [0, 0.05) is 0 Å². The second kappa shape index (κ2) is 6.06. The third-order valence-electron chi connectivity index (χ3n) is 2.48. The second-order valence-corrected chi connectivity index (χ2v) is 3.54. The smallest absolute Gasteiger partial charge is 0.324 e. The summed E-state index contributed by atoms with van der Waals surface area (Å²) in [7, 11) is 1.77. The van der Waals surface area contributed by atoms with Gasteiger partial charge < -0.3 is 9.47 Å². The monoisotopic (exact) mass is 287 g/mol. The highest BCUT2D eigenvalue weighted by Gasteiger charge is 2.37. The fourth-order valence-corrected chi connectivity index (χ4v) is 1.52. The number of ether oxygens (including phenoxy) is 2. The molecule has 0 saturated heterocycles. The van der Waals surface area contributed by atoms with Crippen molar-refractivity contribution in [2.24, 2.45) is 0 Å². The van der Waals surface area contributed by atoms with Crippen molar-refractivity contribution in [1.29, 1.82) is 5.26 Å². The Morgan fingerprint density at radius 3 is 2.05 bits per heavy atom. The lowest BCUT2D eigenvalue weighted by Gasteiger charge is -2.15. The number of carbonyl (C=O) groups excluding carboxylic acids is 2. The highest BCUT2D eigenvalue weighted by molar-refractivity contribution is 6.00. The van der Waals surface area contributed by atoms with Crippen LogP contribution in [0.2, 0.25) is 0 Å². The van der Waals surface area contributed by atoms with Gasteiger partial charge in [0.2, 0.25) is 0 Å². The lowest BCUT2D eigenvalue weighted by Crippen LogP contribution is -2.27. The average Bonchev–Trinajstić information content (AvgIpc) is 2.45. The van der Waals surface area contributed by atoms with Crippen molar-refractivity contribution in [1.82, 2.24) is 0 Å². The molecule has 1 rings (SSSR count). The fraction of sp³-hybridized carbons (Fsp3) is 0.250. The highest BCUT2D eigenvalue weighted by Crippen LogP contribution is 2.28. The Balaban J connectivity index is 3.58. The molecule has 0 aliphatic carbocycles. The van der Waals surface area contributed by atoms with Gasteiger partial charge in [-0.2, -0.15) is 5.26 Å². The summed E-state index contributed by atoms with van der Waals surface area (Å²) in [5.41, 5.74) is -2.06. The minimum Gasteiger partial charge on any atom is -0.468 e. The largest absolute Gasteiger partial charge is 0.468 e. The molecule has 0 aliphatic rings.